The Kier molecular flexibility index (Phi) is 7.03. The van der Waals surface area contributed by atoms with E-state index in [1.807, 2.05) is 19.1 Å². The lowest BCUT2D eigenvalue weighted by molar-refractivity contribution is -0.115. The number of urea groups is 1. The highest BCUT2D eigenvalue weighted by Gasteiger charge is 2.23. The number of carbonyl (C=O) groups is 2. The molecule has 0 bridgehead atoms. The average molecular weight is 447 g/mol. The minimum Gasteiger partial charge on any atom is -0.490 e. The first-order valence-electron chi connectivity index (χ1n) is 9.22. The van der Waals surface area contributed by atoms with Gasteiger partial charge in [-0.3, -0.25) is 10.1 Å². The molecule has 0 radical (unpaired) electrons. The van der Waals surface area contributed by atoms with Crippen molar-refractivity contribution in [2.75, 3.05) is 6.61 Å². The highest BCUT2D eigenvalue weighted by atomic mass is 35.5. The molecule has 0 saturated carbocycles. The van der Waals surface area contributed by atoms with Gasteiger partial charge in [0.1, 0.15) is 12.3 Å². The molecule has 30 heavy (non-hydrogen) atoms. The van der Waals surface area contributed by atoms with Crippen LogP contribution < -0.4 is 20.1 Å². The lowest BCUT2D eigenvalue weighted by Crippen LogP contribution is -2.22. The number of hydrogen-bond donors (Lipinski definition) is 2. The maximum absolute atomic E-state index is 11.8. The molecule has 3 rings (SSSR count). The molecule has 6 nitrogen and oxygen atoms in total. The standard InChI is InChI=1S/C22H20Cl2N2O4/c1-3-5-15-8-14(10-18-21(27)26-22(28)25-18)11-19(29-4-2)20(15)30-12-13-6-7-16(23)17(24)9-13/h3,6-11H,1,4-5,12H2,2H3,(H2,25,26,27,28). The SMILES string of the molecule is C=CCc1cc(C=C2NC(=O)NC2=O)cc(OCC)c1OCc1ccc(Cl)c(Cl)c1. The Morgan fingerprint density at radius 2 is 1.87 bits per heavy atom. The number of allylic oxidation sites excluding steroid dienone is 1. The number of imide groups is 1. The van der Waals surface area contributed by atoms with Crippen molar-refractivity contribution in [1.29, 1.82) is 0 Å². The zero-order valence-corrected chi connectivity index (χ0v) is 17.8. The third-order valence-electron chi connectivity index (χ3n) is 4.22. The lowest BCUT2D eigenvalue weighted by Gasteiger charge is -2.17. The van der Waals surface area contributed by atoms with Gasteiger partial charge < -0.3 is 14.8 Å². The van der Waals surface area contributed by atoms with E-state index in [1.54, 1.807) is 30.4 Å². The maximum atomic E-state index is 11.8. The Bertz CT molecular complexity index is 1030. The van der Waals surface area contributed by atoms with Gasteiger partial charge >= 0.3 is 6.03 Å². The Morgan fingerprint density at radius 3 is 2.50 bits per heavy atom. The molecule has 2 N–H and O–H groups in total. The molecular weight excluding hydrogens is 427 g/mol. The Balaban J connectivity index is 1.95. The van der Waals surface area contributed by atoms with Gasteiger partial charge in [-0.15, -0.1) is 6.58 Å². The van der Waals surface area contributed by atoms with E-state index in [4.69, 9.17) is 32.7 Å². The van der Waals surface area contributed by atoms with Gasteiger partial charge in [0.05, 0.1) is 16.7 Å². The first kappa shape index (κ1) is 21.7. The predicted molar refractivity (Wildman–Crippen MR) is 117 cm³/mol. The molecule has 3 amide bonds. The van der Waals surface area contributed by atoms with Crippen molar-refractivity contribution in [3.63, 3.8) is 0 Å². The summed E-state index contributed by atoms with van der Waals surface area (Å²) in [6.07, 6.45) is 3.85. The van der Waals surface area contributed by atoms with Crippen LogP contribution in [0.2, 0.25) is 10.0 Å². The van der Waals surface area contributed by atoms with Gasteiger partial charge in [0.2, 0.25) is 0 Å². The molecule has 2 aromatic carbocycles. The van der Waals surface area contributed by atoms with Crippen LogP contribution in [0.3, 0.4) is 0 Å². The number of halogens is 2. The molecule has 0 spiro atoms. The highest BCUT2D eigenvalue weighted by Crippen LogP contribution is 2.35. The van der Waals surface area contributed by atoms with Crippen molar-refractivity contribution in [2.24, 2.45) is 0 Å². The molecule has 1 heterocycles. The minimum absolute atomic E-state index is 0.163. The van der Waals surface area contributed by atoms with Crippen LogP contribution in [0.15, 0.2) is 48.7 Å². The summed E-state index contributed by atoms with van der Waals surface area (Å²) < 4.78 is 11.9. The first-order chi connectivity index (χ1) is 14.4. The van der Waals surface area contributed by atoms with Crippen LogP contribution in [0, 0.1) is 0 Å². The number of rotatable bonds is 8. The van der Waals surface area contributed by atoms with Gasteiger partial charge in [0, 0.05) is 5.56 Å². The topological polar surface area (TPSA) is 76.7 Å². The molecule has 0 aromatic heterocycles. The van der Waals surface area contributed by atoms with Crippen molar-refractivity contribution in [3.8, 4) is 11.5 Å². The fraction of sp³-hybridized carbons (Fsp3) is 0.182. The fourth-order valence-electron chi connectivity index (χ4n) is 2.93. The van der Waals surface area contributed by atoms with E-state index in [1.165, 1.54) is 0 Å². The van der Waals surface area contributed by atoms with Crippen LogP contribution in [0.25, 0.3) is 6.08 Å². The summed E-state index contributed by atoms with van der Waals surface area (Å²) in [5.41, 5.74) is 2.53. The normalized spacial score (nSPS) is 14.4. The molecule has 2 aromatic rings. The van der Waals surface area contributed by atoms with E-state index < -0.39 is 11.9 Å². The fourth-order valence-corrected chi connectivity index (χ4v) is 3.26. The maximum Gasteiger partial charge on any atom is 0.326 e. The van der Waals surface area contributed by atoms with Crippen LogP contribution >= 0.6 is 23.2 Å². The van der Waals surface area contributed by atoms with Crippen LogP contribution in [0.1, 0.15) is 23.6 Å². The van der Waals surface area contributed by atoms with Gasteiger partial charge in [0.15, 0.2) is 11.5 Å². The van der Waals surface area contributed by atoms with Crippen molar-refractivity contribution >= 4 is 41.2 Å². The number of benzene rings is 2. The van der Waals surface area contributed by atoms with Crippen LogP contribution in [0.4, 0.5) is 4.79 Å². The summed E-state index contributed by atoms with van der Waals surface area (Å²) in [5.74, 6) is 0.613. The number of carbonyl (C=O) groups excluding carboxylic acids is 2. The van der Waals surface area contributed by atoms with E-state index in [2.05, 4.69) is 17.2 Å². The van der Waals surface area contributed by atoms with Gasteiger partial charge in [-0.05, 0) is 54.8 Å². The summed E-state index contributed by atoms with van der Waals surface area (Å²) in [4.78, 5) is 23.2. The Hall–Kier alpha value is -2.96. The second-order valence-corrected chi connectivity index (χ2v) is 7.25. The van der Waals surface area contributed by atoms with Gasteiger partial charge in [-0.1, -0.05) is 35.3 Å². The van der Waals surface area contributed by atoms with Gasteiger partial charge in [-0.2, -0.15) is 0 Å². The van der Waals surface area contributed by atoms with Gasteiger partial charge in [0.25, 0.3) is 5.91 Å². The second-order valence-electron chi connectivity index (χ2n) is 6.44. The zero-order valence-electron chi connectivity index (χ0n) is 16.3. The summed E-state index contributed by atoms with van der Waals surface area (Å²) in [7, 11) is 0. The van der Waals surface area contributed by atoms with Crippen molar-refractivity contribution in [1.82, 2.24) is 10.6 Å². The number of amides is 3. The third kappa shape index (κ3) is 5.14. The summed E-state index contributed by atoms with van der Waals surface area (Å²) in [6.45, 7) is 6.36. The molecule has 8 heteroatoms. The molecule has 1 fully saturated rings. The van der Waals surface area contributed by atoms with E-state index in [0.717, 1.165) is 11.1 Å². The van der Waals surface area contributed by atoms with E-state index >= 15 is 0 Å². The molecule has 0 unspecified atom stereocenters. The van der Waals surface area contributed by atoms with E-state index in [-0.39, 0.29) is 12.3 Å². The van der Waals surface area contributed by atoms with Gasteiger partial charge in [-0.25, -0.2) is 4.79 Å². The smallest absolute Gasteiger partial charge is 0.326 e. The van der Waals surface area contributed by atoms with Crippen molar-refractivity contribution < 1.29 is 19.1 Å². The average Bonchev–Trinajstić information content (AvgIpc) is 3.01. The van der Waals surface area contributed by atoms with Crippen LogP contribution in [0.5, 0.6) is 11.5 Å². The molecule has 1 aliphatic rings. The highest BCUT2D eigenvalue weighted by molar-refractivity contribution is 6.42. The van der Waals surface area contributed by atoms with Crippen LogP contribution in [-0.4, -0.2) is 18.5 Å². The number of ether oxygens (including phenoxy) is 2. The molecule has 1 saturated heterocycles. The van der Waals surface area contributed by atoms with Crippen LogP contribution in [-0.2, 0) is 17.8 Å². The summed E-state index contributed by atoms with van der Waals surface area (Å²) in [6, 6.07) is 8.36. The summed E-state index contributed by atoms with van der Waals surface area (Å²) in [5, 5.41) is 5.57. The third-order valence-corrected chi connectivity index (χ3v) is 4.96. The number of nitrogens with one attached hydrogen (secondary N) is 2. The molecule has 156 valence electrons. The molecule has 0 aliphatic carbocycles. The predicted octanol–water partition coefficient (Wildman–Crippen LogP) is 4.88. The van der Waals surface area contributed by atoms with E-state index in [0.29, 0.717) is 40.1 Å². The monoisotopic (exact) mass is 446 g/mol. The van der Waals surface area contributed by atoms with E-state index in [9.17, 15) is 9.59 Å². The first-order valence-corrected chi connectivity index (χ1v) is 9.98. The second kappa shape index (κ2) is 9.69. The Morgan fingerprint density at radius 1 is 1.07 bits per heavy atom. The molecule has 1 aliphatic heterocycles. The molecule has 0 atom stereocenters. The molecular formula is C22H20Cl2N2O4. The Labute approximate surface area is 184 Å². The van der Waals surface area contributed by atoms with Crippen molar-refractivity contribution in [3.05, 3.63) is 75.4 Å². The summed E-state index contributed by atoms with van der Waals surface area (Å²) >= 11 is 12.1. The number of hydrogen-bond acceptors (Lipinski definition) is 4. The minimum atomic E-state index is -0.552. The quantitative estimate of drug-likeness (QED) is 0.344. The van der Waals surface area contributed by atoms with Crippen molar-refractivity contribution in [2.45, 2.75) is 20.0 Å². The largest absolute Gasteiger partial charge is 0.490 e. The lowest BCUT2D eigenvalue weighted by atomic mass is 10.0. The zero-order chi connectivity index (χ0) is 21.7.